The summed E-state index contributed by atoms with van der Waals surface area (Å²) in [5.74, 6) is 0.951. The Hall–Kier alpha value is -2.27. The Labute approximate surface area is 164 Å². The number of amides is 2. The van der Waals surface area contributed by atoms with Crippen molar-refractivity contribution in [3.8, 4) is 0 Å². The Bertz CT molecular complexity index is 846. The summed E-state index contributed by atoms with van der Waals surface area (Å²) >= 11 is 1.66. The maximum absolute atomic E-state index is 12.7. The fraction of sp³-hybridized carbons (Fsp3) is 0.364. The van der Waals surface area contributed by atoms with Gasteiger partial charge < -0.3 is 5.32 Å². The van der Waals surface area contributed by atoms with Gasteiger partial charge in [-0.15, -0.1) is 11.8 Å². The number of nitrogens with zero attached hydrogens (tertiary/aromatic N) is 1. The highest BCUT2D eigenvalue weighted by Gasteiger charge is 2.35. The summed E-state index contributed by atoms with van der Waals surface area (Å²) in [4.78, 5) is 26.5. The average molecular weight is 381 g/mol. The Morgan fingerprint density at radius 3 is 2.59 bits per heavy atom. The van der Waals surface area contributed by atoms with Gasteiger partial charge >= 0.3 is 0 Å². The van der Waals surface area contributed by atoms with Gasteiger partial charge in [-0.2, -0.15) is 0 Å². The number of benzene rings is 2. The molecule has 140 valence electrons. The average Bonchev–Trinajstić information content (AvgIpc) is 3.46. The second kappa shape index (κ2) is 7.77. The van der Waals surface area contributed by atoms with E-state index in [1.165, 1.54) is 5.56 Å². The molecule has 1 saturated carbocycles. The first kappa shape index (κ1) is 18.1. The van der Waals surface area contributed by atoms with E-state index in [-0.39, 0.29) is 23.1 Å². The maximum atomic E-state index is 12.7. The van der Waals surface area contributed by atoms with Crippen molar-refractivity contribution in [2.45, 2.75) is 38.0 Å². The Kier molecular flexibility index (Phi) is 5.21. The molecule has 2 fully saturated rings. The molecule has 4 nitrogen and oxygen atoms in total. The summed E-state index contributed by atoms with van der Waals surface area (Å²) in [6.07, 6.45) is 4.00. The summed E-state index contributed by atoms with van der Waals surface area (Å²) < 4.78 is 0. The van der Waals surface area contributed by atoms with E-state index in [0.717, 1.165) is 42.6 Å². The van der Waals surface area contributed by atoms with E-state index in [9.17, 15) is 9.59 Å². The molecular weight excluding hydrogens is 356 g/mol. The van der Waals surface area contributed by atoms with Gasteiger partial charge in [0.25, 0.3) is 0 Å². The maximum Gasteiger partial charge on any atom is 0.238 e. The molecule has 0 unspecified atom stereocenters. The summed E-state index contributed by atoms with van der Waals surface area (Å²) in [7, 11) is 0. The number of rotatable bonds is 6. The van der Waals surface area contributed by atoms with Crippen LogP contribution in [-0.2, 0) is 16.0 Å². The minimum Gasteiger partial charge on any atom is -0.326 e. The number of hydrogen-bond donors (Lipinski definition) is 1. The van der Waals surface area contributed by atoms with Crippen molar-refractivity contribution in [1.82, 2.24) is 0 Å². The lowest BCUT2D eigenvalue weighted by molar-refractivity contribution is -0.117. The molecule has 4 rings (SSSR count). The SMILES string of the molecule is CCCc1ccccc1N1C(=O)CS[C@@H]1c1ccc(NC(=O)C2CC2)cc1. The number of thioether (sulfide) groups is 1. The van der Waals surface area contributed by atoms with Crippen molar-refractivity contribution in [1.29, 1.82) is 0 Å². The zero-order chi connectivity index (χ0) is 18.8. The molecule has 5 heteroatoms. The lowest BCUT2D eigenvalue weighted by atomic mass is 10.1. The highest BCUT2D eigenvalue weighted by atomic mass is 32.2. The molecule has 0 bridgehead atoms. The van der Waals surface area contributed by atoms with Crippen molar-refractivity contribution >= 4 is 35.0 Å². The zero-order valence-electron chi connectivity index (χ0n) is 15.5. The lowest BCUT2D eigenvalue weighted by Gasteiger charge is -2.26. The van der Waals surface area contributed by atoms with Gasteiger partial charge in [-0.3, -0.25) is 14.5 Å². The quantitative estimate of drug-likeness (QED) is 0.786. The molecular formula is C22H24N2O2S. The van der Waals surface area contributed by atoms with Gasteiger partial charge in [0.05, 0.1) is 5.75 Å². The predicted octanol–water partition coefficient (Wildman–Crippen LogP) is 4.77. The van der Waals surface area contributed by atoms with E-state index in [1.807, 2.05) is 47.4 Å². The Morgan fingerprint density at radius 1 is 1.15 bits per heavy atom. The number of nitrogens with one attached hydrogen (secondary N) is 1. The Morgan fingerprint density at radius 2 is 1.89 bits per heavy atom. The van der Waals surface area contributed by atoms with Gasteiger partial charge in [0.15, 0.2) is 0 Å². The third-order valence-corrected chi connectivity index (χ3v) is 6.26. The fourth-order valence-electron chi connectivity index (χ4n) is 3.48. The molecule has 1 heterocycles. The van der Waals surface area contributed by atoms with Crippen LogP contribution in [0.15, 0.2) is 48.5 Å². The molecule has 0 aromatic heterocycles. The van der Waals surface area contributed by atoms with Crippen molar-refractivity contribution in [3.63, 3.8) is 0 Å². The van der Waals surface area contributed by atoms with E-state index in [1.54, 1.807) is 11.8 Å². The first-order valence-corrected chi connectivity index (χ1v) is 10.6. The van der Waals surface area contributed by atoms with Crippen LogP contribution in [0.2, 0.25) is 0 Å². The molecule has 0 spiro atoms. The first-order chi connectivity index (χ1) is 13.2. The van der Waals surface area contributed by atoms with Crippen LogP contribution < -0.4 is 10.2 Å². The largest absolute Gasteiger partial charge is 0.326 e. The molecule has 2 aromatic carbocycles. The summed E-state index contributed by atoms with van der Waals surface area (Å²) in [6, 6.07) is 16.1. The van der Waals surface area contributed by atoms with Gasteiger partial charge in [-0.25, -0.2) is 0 Å². The number of aryl methyl sites for hydroxylation is 1. The lowest BCUT2D eigenvalue weighted by Crippen LogP contribution is -2.28. The third kappa shape index (κ3) is 3.88. The molecule has 1 saturated heterocycles. The van der Waals surface area contributed by atoms with Crippen LogP contribution in [0.3, 0.4) is 0 Å². The van der Waals surface area contributed by atoms with Crippen molar-refractivity contribution < 1.29 is 9.59 Å². The summed E-state index contributed by atoms with van der Waals surface area (Å²) in [6.45, 7) is 2.16. The molecule has 27 heavy (non-hydrogen) atoms. The van der Waals surface area contributed by atoms with Crippen LogP contribution in [0.1, 0.15) is 42.7 Å². The summed E-state index contributed by atoms with van der Waals surface area (Å²) in [5.41, 5.74) is 4.14. The van der Waals surface area contributed by atoms with Crippen molar-refractivity contribution in [2.24, 2.45) is 5.92 Å². The van der Waals surface area contributed by atoms with Gasteiger partial charge in [-0.05, 0) is 48.6 Å². The highest BCUT2D eigenvalue weighted by Crippen LogP contribution is 2.43. The molecule has 2 aliphatic rings. The van der Waals surface area contributed by atoms with Crippen molar-refractivity contribution in [2.75, 3.05) is 16.0 Å². The monoisotopic (exact) mass is 380 g/mol. The van der Waals surface area contributed by atoms with Crippen LogP contribution >= 0.6 is 11.8 Å². The molecule has 1 aliphatic carbocycles. The van der Waals surface area contributed by atoms with Crippen LogP contribution in [0.5, 0.6) is 0 Å². The highest BCUT2D eigenvalue weighted by molar-refractivity contribution is 8.00. The molecule has 1 atom stereocenters. The van der Waals surface area contributed by atoms with Crippen LogP contribution in [0, 0.1) is 5.92 Å². The van der Waals surface area contributed by atoms with Crippen LogP contribution in [0.25, 0.3) is 0 Å². The minimum absolute atomic E-state index is 0.0244. The topological polar surface area (TPSA) is 49.4 Å². The standard InChI is InChI=1S/C22H24N2O2S/c1-2-5-15-6-3-4-7-19(15)24-20(25)14-27-22(24)17-10-12-18(13-11-17)23-21(26)16-8-9-16/h3-4,6-7,10-13,16,22H,2,5,8-9,14H2,1H3,(H,23,26)/t22-/m1/s1. The summed E-state index contributed by atoms with van der Waals surface area (Å²) in [5, 5.41) is 2.95. The fourth-order valence-corrected chi connectivity index (χ4v) is 4.65. The number of hydrogen-bond acceptors (Lipinski definition) is 3. The van der Waals surface area contributed by atoms with E-state index >= 15 is 0 Å². The number of carbonyl (C=O) groups is 2. The van der Waals surface area contributed by atoms with Crippen molar-refractivity contribution in [3.05, 3.63) is 59.7 Å². The van der Waals surface area contributed by atoms with Crippen LogP contribution in [0.4, 0.5) is 11.4 Å². The van der Waals surface area contributed by atoms with Gasteiger partial charge in [0.2, 0.25) is 11.8 Å². The van der Waals surface area contributed by atoms with Gasteiger partial charge in [0, 0.05) is 17.3 Å². The first-order valence-electron chi connectivity index (χ1n) is 9.59. The number of anilines is 2. The zero-order valence-corrected chi connectivity index (χ0v) is 16.3. The molecule has 2 amide bonds. The van der Waals surface area contributed by atoms with E-state index in [4.69, 9.17) is 0 Å². The molecule has 1 aliphatic heterocycles. The van der Waals surface area contributed by atoms with E-state index < -0.39 is 0 Å². The molecule has 2 aromatic rings. The third-order valence-electron chi connectivity index (χ3n) is 5.05. The number of carbonyl (C=O) groups excluding carboxylic acids is 2. The minimum atomic E-state index is -0.0244. The van der Waals surface area contributed by atoms with Gasteiger partial charge in [-0.1, -0.05) is 43.7 Å². The normalized spacial score (nSPS) is 19.4. The Balaban J connectivity index is 1.57. The molecule has 0 radical (unpaired) electrons. The van der Waals surface area contributed by atoms with Gasteiger partial charge in [0.1, 0.15) is 5.37 Å². The second-order valence-electron chi connectivity index (χ2n) is 7.19. The predicted molar refractivity (Wildman–Crippen MR) is 111 cm³/mol. The number of para-hydroxylation sites is 1. The van der Waals surface area contributed by atoms with E-state index in [0.29, 0.717) is 5.75 Å². The molecule has 1 N–H and O–H groups in total. The van der Waals surface area contributed by atoms with E-state index in [2.05, 4.69) is 18.3 Å². The second-order valence-corrected chi connectivity index (χ2v) is 8.26. The van der Waals surface area contributed by atoms with Crippen LogP contribution in [-0.4, -0.2) is 17.6 Å². The smallest absolute Gasteiger partial charge is 0.238 e.